The van der Waals surface area contributed by atoms with Gasteiger partial charge in [-0.2, -0.15) is 0 Å². The van der Waals surface area contributed by atoms with Crippen molar-refractivity contribution in [3.8, 4) is 0 Å². The van der Waals surface area contributed by atoms with Crippen molar-refractivity contribution in [2.75, 3.05) is 0 Å². The Kier molecular flexibility index (Phi) is 3.40. The van der Waals surface area contributed by atoms with Gasteiger partial charge in [-0.15, -0.1) is 0 Å². The predicted molar refractivity (Wildman–Crippen MR) is 63.3 cm³/mol. The Morgan fingerprint density at radius 1 is 1.24 bits per heavy atom. The lowest BCUT2D eigenvalue weighted by molar-refractivity contribution is -0.144. The highest BCUT2D eigenvalue weighted by atomic mass is 16.4. The predicted octanol–water partition coefficient (Wildman–Crippen LogP) is 1.65. The maximum absolute atomic E-state index is 12.1. The number of aliphatic carboxylic acids is 1. The lowest BCUT2D eigenvalue weighted by Crippen LogP contribution is -2.47. The van der Waals surface area contributed by atoms with Crippen molar-refractivity contribution in [2.45, 2.75) is 45.6 Å². The van der Waals surface area contributed by atoms with Crippen LogP contribution in [0.3, 0.4) is 0 Å². The zero-order chi connectivity index (χ0) is 12.6. The second-order valence-electron chi connectivity index (χ2n) is 5.85. The van der Waals surface area contributed by atoms with E-state index >= 15 is 0 Å². The zero-order valence-corrected chi connectivity index (χ0v) is 10.5. The Hall–Kier alpha value is -1.06. The van der Waals surface area contributed by atoms with Gasteiger partial charge >= 0.3 is 5.97 Å². The van der Waals surface area contributed by atoms with Gasteiger partial charge in [0.2, 0.25) is 5.91 Å². The summed E-state index contributed by atoms with van der Waals surface area (Å²) in [6.45, 7) is 3.64. The summed E-state index contributed by atoms with van der Waals surface area (Å²) in [5.41, 5.74) is 0. The third-order valence-electron chi connectivity index (χ3n) is 4.31. The second kappa shape index (κ2) is 4.67. The standard InChI is InChI=1S/C13H21NO3/c1-7(2)11(13(16)17)14-12(15)10-6-8-3-4-9(10)5-8/h7-11H,3-6H2,1-2H3,(H,14,15)(H,16,17)/t8?,9?,10?,11-/m1/s1. The number of carboxylic acid groups (broad SMARTS) is 1. The number of carbonyl (C=O) groups is 2. The summed E-state index contributed by atoms with van der Waals surface area (Å²) in [4.78, 5) is 23.1. The van der Waals surface area contributed by atoms with Gasteiger partial charge < -0.3 is 10.4 Å². The van der Waals surface area contributed by atoms with Crippen LogP contribution in [0.15, 0.2) is 0 Å². The van der Waals surface area contributed by atoms with Crippen LogP contribution in [0.2, 0.25) is 0 Å². The van der Waals surface area contributed by atoms with Gasteiger partial charge in [0.25, 0.3) is 0 Å². The third-order valence-corrected chi connectivity index (χ3v) is 4.31. The third kappa shape index (κ3) is 2.45. The van der Waals surface area contributed by atoms with Gasteiger partial charge in [0.15, 0.2) is 0 Å². The first kappa shape index (κ1) is 12.4. The fraction of sp³-hybridized carbons (Fsp3) is 0.846. The topological polar surface area (TPSA) is 66.4 Å². The van der Waals surface area contributed by atoms with E-state index in [1.807, 2.05) is 13.8 Å². The Bertz CT molecular complexity index is 327. The van der Waals surface area contributed by atoms with E-state index in [1.54, 1.807) is 0 Å². The lowest BCUT2D eigenvalue weighted by atomic mass is 9.87. The number of amides is 1. The van der Waals surface area contributed by atoms with Gasteiger partial charge in [-0.25, -0.2) is 4.79 Å². The van der Waals surface area contributed by atoms with Gasteiger partial charge in [-0.1, -0.05) is 20.3 Å². The van der Waals surface area contributed by atoms with Crippen LogP contribution in [0.1, 0.15) is 39.5 Å². The Morgan fingerprint density at radius 2 is 1.94 bits per heavy atom. The van der Waals surface area contributed by atoms with Crippen molar-refractivity contribution < 1.29 is 14.7 Å². The number of hydrogen-bond donors (Lipinski definition) is 2. The lowest BCUT2D eigenvalue weighted by Gasteiger charge is -2.24. The quantitative estimate of drug-likeness (QED) is 0.784. The van der Waals surface area contributed by atoms with Crippen molar-refractivity contribution in [3.05, 3.63) is 0 Å². The highest BCUT2D eigenvalue weighted by Gasteiger charge is 2.43. The average Bonchev–Trinajstić information content (AvgIpc) is 2.85. The number of carboxylic acids is 1. The maximum Gasteiger partial charge on any atom is 0.326 e. The van der Waals surface area contributed by atoms with E-state index in [-0.39, 0.29) is 17.7 Å². The molecule has 2 aliphatic carbocycles. The molecule has 2 saturated carbocycles. The molecular formula is C13H21NO3. The van der Waals surface area contributed by atoms with Crippen molar-refractivity contribution in [1.82, 2.24) is 5.32 Å². The van der Waals surface area contributed by atoms with Crippen molar-refractivity contribution in [1.29, 1.82) is 0 Å². The minimum absolute atomic E-state index is 0.0432. The van der Waals surface area contributed by atoms with E-state index in [0.29, 0.717) is 11.8 Å². The minimum Gasteiger partial charge on any atom is -0.480 e. The fourth-order valence-electron chi connectivity index (χ4n) is 3.34. The maximum atomic E-state index is 12.1. The Labute approximate surface area is 102 Å². The van der Waals surface area contributed by atoms with Gasteiger partial charge in [0, 0.05) is 5.92 Å². The van der Waals surface area contributed by atoms with E-state index in [2.05, 4.69) is 5.32 Å². The molecule has 2 rings (SSSR count). The SMILES string of the molecule is CC(C)[C@@H](NC(=O)C1CC2CCC1C2)C(=O)O. The monoisotopic (exact) mass is 239 g/mol. The van der Waals surface area contributed by atoms with Crippen LogP contribution in [0.25, 0.3) is 0 Å². The molecule has 4 nitrogen and oxygen atoms in total. The summed E-state index contributed by atoms with van der Waals surface area (Å²) in [6.07, 6.45) is 4.52. The summed E-state index contributed by atoms with van der Waals surface area (Å²) in [5, 5.41) is 11.8. The number of rotatable bonds is 4. The van der Waals surface area contributed by atoms with E-state index < -0.39 is 12.0 Å². The van der Waals surface area contributed by atoms with Crippen LogP contribution in [0, 0.1) is 23.7 Å². The summed E-state index contributed by atoms with van der Waals surface area (Å²) < 4.78 is 0. The Balaban J connectivity index is 1.94. The largest absolute Gasteiger partial charge is 0.480 e. The highest BCUT2D eigenvalue weighted by molar-refractivity contribution is 5.85. The molecule has 0 aromatic heterocycles. The van der Waals surface area contributed by atoms with Gasteiger partial charge in [0.05, 0.1) is 0 Å². The summed E-state index contributed by atoms with van der Waals surface area (Å²) in [5.74, 6) is 0.221. The number of nitrogens with one attached hydrogen (secondary N) is 1. The summed E-state index contributed by atoms with van der Waals surface area (Å²) in [6, 6.07) is -0.748. The fourth-order valence-corrected chi connectivity index (χ4v) is 3.34. The average molecular weight is 239 g/mol. The van der Waals surface area contributed by atoms with Crippen LogP contribution in [-0.4, -0.2) is 23.0 Å². The molecule has 2 fully saturated rings. The molecule has 1 amide bonds. The Morgan fingerprint density at radius 3 is 2.35 bits per heavy atom. The van der Waals surface area contributed by atoms with Crippen LogP contribution in [-0.2, 0) is 9.59 Å². The molecule has 0 saturated heterocycles. The zero-order valence-electron chi connectivity index (χ0n) is 10.5. The van der Waals surface area contributed by atoms with Crippen molar-refractivity contribution in [3.63, 3.8) is 0 Å². The molecule has 0 aliphatic heterocycles. The molecule has 17 heavy (non-hydrogen) atoms. The normalized spacial score (nSPS) is 32.8. The highest BCUT2D eigenvalue weighted by Crippen LogP contribution is 2.48. The molecule has 0 aromatic carbocycles. The molecule has 0 aromatic rings. The van der Waals surface area contributed by atoms with Crippen molar-refractivity contribution in [2.24, 2.45) is 23.7 Å². The van der Waals surface area contributed by atoms with Crippen LogP contribution >= 0.6 is 0 Å². The molecule has 4 atom stereocenters. The number of fused-ring (bicyclic) bond motifs is 2. The second-order valence-corrected chi connectivity index (χ2v) is 5.85. The molecule has 2 bridgehead atoms. The first-order valence-electron chi connectivity index (χ1n) is 6.52. The number of carbonyl (C=O) groups excluding carboxylic acids is 1. The summed E-state index contributed by atoms with van der Waals surface area (Å²) in [7, 11) is 0. The first-order valence-corrected chi connectivity index (χ1v) is 6.52. The van der Waals surface area contributed by atoms with Gasteiger partial charge in [-0.05, 0) is 37.0 Å². The van der Waals surface area contributed by atoms with E-state index in [4.69, 9.17) is 5.11 Å². The number of hydrogen-bond acceptors (Lipinski definition) is 2. The molecule has 0 radical (unpaired) electrons. The van der Waals surface area contributed by atoms with Gasteiger partial charge in [-0.3, -0.25) is 4.79 Å². The first-order chi connectivity index (χ1) is 7.99. The van der Waals surface area contributed by atoms with E-state index in [0.717, 1.165) is 19.3 Å². The molecule has 0 spiro atoms. The minimum atomic E-state index is -0.934. The summed E-state index contributed by atoms with van der Waals surface area (Å²) >= 11 is 0. The van der Waals surface area contributed by atoms with Crippen LogP contribution in [0.5, 0.6) is 0 Å². The van der Waals surface area contributed by atoms with E-state index in [9.17, 15) is 9.59 Å². The van der Waals surface area contributed by atoms with Crippen LogP contribution in [0.4, 0.5) is 0 Å². The molecule has 0 heterocycles. The smallest absolute Gasteiger partial charge is 0.326 e. The molecular weight excluding hydrogens is 218 g/mol. The van der Waals surface area contributed by atoms with Gasteiger partial charge in [0.1, 0.15) is 6.04 Å². The molecule has 96 valence electrons. The molecule has 3 unspecified atom stereocenters. The van der Waals surface area contributed by atoms with Crippen molar-refractivity contribution >= 4 is 11.9 Å². The van der Waals surface area contributed by atoms with Crippen LogP contribution < -0.4 is 5.32 Å². The molecule has 2 aliphatic rings. The molecule has 2 N–H and O–H groups in total. The molecule has 4 heteroatoms. The van der Waals surface area contributed by atoms with E-state index in [1.165, 1.54) is 6.42 Å².